The number of carbonyl (C=O) groups excluding carboxylic acids is 1. The van der Waals surface area contributed by atoms with E-state index in [0.717, 1.165) is 10.8 Å². The zero-order chi connectivity index (χ0) is 12.7. The molecule has 92 valence electrons. The smallest absolute Gasteiger partial charge is 0.185 e. The van der Waals surface area contributed by atoms with Gasteiger partial charge in [0.05, 0.1) is 5.56 Å². The van der Waals surface area contributed by atoms with Gasteiger partial charge in [0.15, 0.2) is 5.78 Å². The van der Waals surface area contributed by atoms with E-state index in [9.17, 15) is 9.00 Å². The number of rotatable bonds is 1. The van der Waals surface area contributed by atoms with E-state index in [2.05, 4.69) is 0 Å². The number of ketones is 1. The predicted octanol–water partition coefficient (Wildman–Crippen LogP) is 2.16. The van der Waals surface area contributed by atoms with E-state index in [-0.39, 0.29) is 12.4 Å². The molecular weight excluding hydrogens is 248 g/mol. The summed E-state index contributed by atoms with van der Waals surface area (Å²) in [5, 5.41) is 1.43. The zero-order valence-electron chi connectivity index (χ0n) is 9.88. The second kappa shape index (κ2) is 4.21. The van der Waals surface area contributed by atoms with Crippen LogP contribution >= 0.6 is 0 Å². The largest absolute Gasteiger partial charge is 0.490 e. The third-order valence-corrected chi connectivity index (χ3v) is 4.37. The maximum absolute atomic E-state index is 12.2. The van der Waals surface area contributed by atoms with Crippen molar-refractivity contribution in [2.75, 3.05) is 12.9 Å². The van der Waals surface area contributed by atoms with E-state index in [4.69, 9.17) is 4.74 Å². The van der Waals surface area contributed by atoms with Gasteiger partial charge in [0.25, 0.3) is 0 Å². The molecule has 1 aliphatic rings. The lowest BCUT2D eigenvalue weighted by molar-refractivity contribution is 0.0942. The molecule has 0 saturated carbocycles. The van der Waals surface area contributed by atoms with Gasteiger partial charge < -0.3 is 4.74 Å². The summed E-state index contributed by atoms with van der Waals surface area (Å²) < 4.78 is 17.2. The topological polar surface area (TPSA) is 43.4 Å². The minimum absolute atomic E-state index is 0.0807. The maximum Gasteiger partial charge on any atom is 0.185 e. The molecule has 0 aliphatic carbocycles. The molecule has 0 spiro atoms. The lowest BCUT2D eigenvalue weighted by atomic mass is 9.99. The summed E-state index contributed by atoms with van der Waals surface area (Å²) >= 11 is 0. The number of carbonyl (C=O) groups is 1. The SMILES string of the molecule is C[S@](=O)[C@H]1COc2c(ccc3ccccc23)C1=O. The van der Waals surface area contributed by atoms with Crippen molar-refractivity contribution in [1.29, 1.82) is 0 Å². The highest BCUT2D eigenvalue weighted by atomic mass is 32.2. The predicted molar refractivity (Wildman–Crippen MR) is 71.6 cm³/mol. The molecule has 0 saturated heterocycles. The number of benzene rings is 2. The summed E-state index contributed by atoms with van der Waals surface area (Å²) in [6.07, 6.45) is 1.54. The molecule has 3 nitrogen and oxygen atoms in total. The highest BCUT2D eigenvalue weighted by Gasteiger charge is 2.32. The molecule has 0 bridgehead atoms. The van der Waals surface area contributed by atoms with Crippen LogP contribution in [0.2, 0.25) is 0 Å². The molecule has 0 N–H and O–H groups in total. The number of ether oxygens (including phenoxy) is 1. The first-order valence-electron chi connectivity index (χ1n) is 5.69. The molecule has 1 aliphatic heterocycles. The summed E-state index contributed by atoms with van der Waals surface area (Å²) in [7, 11) is -1.20. The van der Waals surface area contributed by atoms with Crippen LogP contribution in [0.15, 0.2) is 36.4 Å². The third kappa shape index (κ3) is 1.64. The monoisotopic (exact) mass is 260 g/mol. The molecule has 2 aromatic rings. The lowest BCUT2D eigenvalue weighted by Crippen LogP contribution is -2.36. The van der Waals surface area contributed by atoms with Crippen LogP contribution in [-0.2, 0) is 10.8 Å². The van der Waals surface area contributed by atoms with Crippen molar-refractivity contribution < 1.29 is 13.7 Å². The van der Waals surface area contributed by atoms with E-state index in [1.807, 2.05) is 30.3 Å². The van der Waals surface area contributed by atoms with E-state index in [1.54, 1.807) is 6.07 Å². The molecule has 3 rings (SSSR count). The van der Waals surface area contributed by atoms with Crippen LogP contribution in [0, 0.1) is 0 Å². The highest BCUT2D eigenvalue weighted by molar-refractivity contribution is 7.85. The van der Waals surface area contributed by atoms with Crippen molar-refractivity contribution in [2.24, 2.45) is 0 Å². The molecule has 2 aromatic carbocycles. The van der Waals surface area contributed by atoms with Crippen molar-refractivity contribution in [3.63, 3.8) is 0 Å². The van der Waals surface area contributed by atoms with E-state index < -0.39 is 16.0 Å². The Bertz CT molecular complexity index is 663. The Kier molecular flexibility index (Phi) is 2.67. The Morgan fingerprint density at radius 2 is 2.00 bits per heavy atom. The van der Waals surface area contributed by atoms with Gasteiger partial charge in [-0.05, 0) is 11.5 Å². The van der Waals surface area contributed by atoms with Crippen LogP contribution in [0.25, 0.3) is 10.8 Å². The first-order chi connectivity index (χ1) is 8.68. The quantitative estimate of drug-likeness (QED) is 0.789. The minimum atomic E-state index is -1.20. The summed E-state index contributed by atoms with van der Waals surface area (Å²) in [5.74, 6) is 0.544. The Balaban J connectivity index is 2.21. The molecule has 1 heterocycles. The van der Waals surface area contributed by atoms with Crippen LogP contribution in [0.3, 0.4) is 0 Å². The van der Waals surface area contributed by atoms with Gasteiger partial charge in [0, 0.05) is 22.4 Å². The Hall–Kier alpha value is -1.68. The molecule has 0 radical (unpaired) electrons. The van der Waals surface area contributed by atoms with Crippen LogP contribution in [0.5, 0.6) is 5.75 Å². The molecular formula is C14H12O3S. The van der Waals surface area contributed by atoms with Gasteiger partial charge in [-0.15, -0.1) is 0 Å². The summed E-state index contributed by atoms with van der Waals surface area (Å²) in [6.45, 7) is 0.197. The van der Waals surface area contributed by atoms with Crippen molar-refractivity contribution in [3.8, 4) is 5.75 Å². The normalized spacial score (nSPS) is 20.3. The number of hydrogen-bond acceptors (Lipinski definition) is 3. The van der Waals surface area contributed by atoms with E-state index in [0.29, 0.717) is 11.3 Å². The highest BCUT2D eigenvalue weighted by Crippen LogP contribution is 2.34. The van der Waals surface area contributed by atoms with Crippen molar-refractivity contribution >= 4 is 27.4 Å². The van der Waals surface area contributed by atoms with Crippen molar-refractivity contribution in [2.45, 2.75) is 5.25 Å². The van der Waals surface area contributed by atoms with Gasteiger partial charge in [-0.25, -0.2) is 0 Å². The Morgan fingerprint density at radius 3 is 2.78 bits per heavy atom. The van der Waals surface area contributed by atoms with Gasteiger partial charge in [-0.3, -0.25) is 9.00 Å². The van der Waals surface area contributed by atoms with Crippen LogP contribution in [0.1, 0.15) is 10.4 Å². The van der Waals surface area contributed by atoms with Gasteiger partial charge in [0.1, 0.15) is 17.6 Å². The first kappa shape index (κ1) is 11.4. The lowest BCUT2D eigenvalue weighted by Gasteiger charge is -2.23. The van der Waals surface area contributed by atoms with Crippen molar-refractivity contribution in [3.05, 3.63) is 42.0 Å². The molecule has 0 unspecified atom stereocenters. The van der Waals surface area contributed by atoms with Gasteiger partial charge in [0.2, 0.25) is 0 Å². The molecule has 0 amide bonds. The Morgan fingerprint density at radius 1 is 1.22 bits per heavy atom. The Labute approximate surface area is 107 Å². The number of hydrogen-bond donors (Lipinski definition) is 0. The summed E-state index contributed by atoms with van der Waals surface area (Å²) in [6, 6.07) is 11.4. The van der Waals surface area contributed by atoms with Gasteiger partial charge in [-0.2, -0.15) is 0 Å². The van der Waals surface area contributed by atoms with Crippen LogP contribution < -0.4 is 4.74 Å². The second-order valence-electron chi connectivity index (χ2n) is 4.33. The molecule has 2 atom stereocenters. The molecule has 0 aromatic heterocycles. The fourth-order valence-electron chi connectivity index (χ4n) is 2.25. The summed E-state index contributed by atoms with van der Waals surface area (Å²) in [5.41, 5.74) is 0.542. The van der Waals surface area contributed by atoms with Gasteiger partial charge >= 0.3 is 0 Å². The number of Topliss-reactive ketones (excluding diaryl/α,β-unsaturated/α-hetero) is 1. The average molecular weight is 260 g/mol. The van der Waals surface area contributed by atoms with Crippen LogP contribution in [0.4, 0.5) is 0 Å². The maximum atomic E-state index is 12.2. The first-order valence-corrected chi connectivity index (χ1v) is 7.31. The molecule has 4 heteroatoms. The molecule has 0 fully saturated rings. The van der Waals surface area contributed by atoms with E-state index in [1.165, 1.54) is 6.26 Å². The van der Waals surface area contributed by atoms with Crippen molar-refractivity contribution in [1.82, 2.24) is 0 Å². The fraction of sp³-hybridized carbons (Fsp3) is 0.214. The van der Waals surface area contributed by atoms with Crippen LogP contribution in [-0.4, -0.2) is 28.1 Å². The molecule has 18 heavy (non-hydrogen) atoms. The minimum Gasteiger partial charge on any atom is -0.490 e. The second-order valence-corrected chi connectivity index (χ2v) is 5.89. The fourth-order valence-corrected chi connectivity index (χ4v) is 2.94. The summed E-state index contributed by atoms with van der Waals surface area (Å²) in [4.78, 5) is 12.2. The standard InChI is InChI=1S/C14H12O3S/c1-18(16)12-8-17-14-10-5-3-2-4-9(10)6-7-11(14)13(12)15/h2-7,12H,8H2,1H3/t12-,18-/m0/s1. The zero-order valence-corrected chi connectivity index (χ0v) is 10.7. The number of fused-ring (bicyclic) bond motifs is 3. The van der Waals surface area contributed by atoms with Gasteiger partial charge in [-0.1, -0.05) is 30.3 Å². The average Bonchev–Trinajstić information content (AvgIpc) is 2.38. The third-order valence-electron chi connectivity index (χ3n) is 3.22. The van der Waals surface area contributed by atoms with E-state index >= 15 is 0 Å².